The van der Waals surface area contributed by atoms with Gasteiger partial charge in [-0.1, -0.05) is 143 Å². The third-order valence-corrected chi connectivity index (χ3v) is 17.7. The van der Waals surface area contributed by atoms with Crippen LogP contribution in [-0.2, 0) is 0 Å². The molecule has 0 saturated carbocycles. The molecule has 1 nitrogen and oxygen atoms in total. The highest BCUT2D eigenvalue weighted by atomic mass is 32.1. The Kier molecular flexibility index (Phi) is 6.57. The first kappa shape index (κ1) is 29.5. The van der Waals surface area contributed by atoms with Crippen LogP contribution in [0.15, 0.2) is 163 Å². The first-order valence-electron chi connectivity index (χ1n) is 18.1. The molecule has 0 spiro atoms. The Labute approximate surface area is 306 Å². The van der Waals surface area contributed by atoms with Gasteiger partial charge in [0, 0.05) is 43.2 Å². The average Bonchev–Trinajstić information content (AvgIpc) is 3.84. The van der Waals surface area contributed by atoms with Gasteiger partial charge in [-0.15, -0.1) is 11.3 Å². The summed E-state index contributed by atoms with van der Waals surface area (Å²) in [5.41, 5.74) is 13.8. The second-order valence-electron chi connectivity index (χ2n) is 14.4. The second-order valence-corrected chi connectivity index (χ2v) is 20.0. The van der Waals surface area contributed by atoms with Crippen molar-refractivity contribution in [3.8, 4) is 22.3 Å². The highest BCUT2D eigenvalue weighted by molar-refractivity contribution is 7.26. The summed E-state index contributed by atoms with van der Waals surface area (Å²) in [5, 5.41) is 9.03. The predicted octanol–water partition coefficient (Wildman–Crippen LogP) is 9.03. The van der Waals surface area contributed by atoms with Crippen LogP contribution in [-0.4, -0.2) is 18.3 Å². The van der Waals surface area contributed by atoms with Crippen molar-refractivity contribution in [2.24, 2.45) is 5.92 Å². The number of nitrogens with zero attached hydrogens (tertiary/aromatic N) is 1. The minimum absolute atomic E-state index is 0.472. The van der Waals surface area contributed by atoms with Crippen molar-refractivity contribution >= 4 is 93.2 Å². The molecule has 2 atom stereocenters. The van der Waals surface area contributed by atoms with Gasteiger partial charge in [-0.2, -0.15) is 0 Å². The number of anilines is 3. The summed E-state index contributed by atoms with van der Waals surface area (Å²) in [4.78, 5) is 2.58. The molecule has 0 amide bonds. The summed E-state index contributed by atoms with van der Waals surface area (Å²) in [6.45, 7) is 2.52. The molecule has 0 N–H and O–H groups in total. The van der Waals surface area contributed by atoms with Crippen LogP contribution in [0.25, 0.3) is 48.0 Å². The van der Waals surface area contributed by atoms with Crippen LogP contribution in [0.3, 0.4) is 0 Å². The van der Waals surface area contributed by atoms with Crippen molar-refractivity contribution < 1.29 is 0 Å². The number of allylic oxidation sites excluding steroid dienone is 8. The quantitative estimate of drug-likeness (QED) is 0.166. The van der Waals surface area contributed by atoms with E-state index in [0.29, 0.717) is 5.92 Å². The molecule has 0 bridgehead atoms. The zero-order chi connectivity index (χ0) is 33.6. The Morgan fingerprint density at radius 2 is 1.55 bits per heavy atom. The second kappa shape index (κ2) is 11.4. The minimum Gasteiger partial charge on any atom is -0.311 e. The van der Waals surface area contributed by atoms with E-state index < -0.39 is 18.3 Å². The number of hydrogen-bond acceptors (Lipinski definition) is 2. The van der Waals surface area contributed by atoms with Gasteiger partial charge < -0.3 is 4.90 Å². The van der Waals surface area contributed by atoms with Crippen molar-refractivity contribution in [3.63, 3.8) is 0 Å². The van der Waals surface area contributed by atoms with Gasteiger partial charge in [-0.05, 0) is 87.0 Å². The predicted molar refractivity (Wildman–Crippen MR) is 227 cm³/mol. The van der Waals surface area contributed by atoms with Crippen LogP contribution >= 0.6 is 11.3 Å². The molecule has 2 aliphatic carbocycles. The molecule has 0 fully saturated rings. The first-order chi connectivity index (χ1) is 25.2. The third kappa shape index (κ3) is 4.50. The van der Waals surface area contributed by atoms with E-state index in [1.807, 2.05) is 11.3 Å². The molecular formula is C47H35NSSi2. The molecule has 4 heteroatoms. The van der Waals surface area contributed by atoms with Gasteiger partial charge >= 0.3 is 0 Å². The summed E-state index contributed by atoms with van der Waals surface area (Å²) in [6.07, 6.45) is 14.6. The normalized spacial score (nSPS) is 18.3. The van der Waals surface area contributed by atoms with Crippen LogP contribution in [0.4, 0.5) is 17.1 Å². The molecule has 4 aliphatic rings. The fourth-order valence-electron chi connectivity index (χ4n) is 9.23. The zero-order valence-electron chi connectivity index (χ0n) is 28.4. The lowest BCUT2D eigenvalue weighted by Crippen LogP contribution is -2.37. The van der Waals surface area contributed by atoms with Crippen molar-refractivity contribution in [2.75, 3.05) is 4.90 Å². The van der Waals surface area contributed by atoms with E-state index in [1.165, 1.54) is 76.2 Å². The summed E-state index contributed by atoms with van der Waals surface area (Å²) in [6, 6.07) is 46.6. The van der Waals surface area contributed by atoms with E-state index in [-0.39, 0.29) is 0 Å². The Balaban J connectivity index is 1.05. The molecule has 1 aromatic heterocycles. The molecule has 3 heterocycles. The van der Waals surface area contributed by atoms with Gasteiger partial charge in [0.15, 0.2) is 0 Å². The van der Waals surface area contributed by atoms with Crippen LogP contribution in [0.5, 0.6) is 0 Å². The van der Waals surface area contributed by atoms with E-state index in [1.54, 1.807) is 20.7 Å². The van der Waals surface area contributed by atoms with E-state index in [4.69, 9.17) is 0 Å². The summed E-state index contributed by atoms with van der Waals surface area (Å²) in [7, 11) is -2.03. The Hall–Kier alpha value is -5.27. The Morgan fingerprint density at radius 1 is 0.706 bits per heavy atom. The fraction of sp³-hybridized carbons (Fsp3) is 0.0638. The van der Waals surface area contributed by atoms with E-state index >= 15 is 0 Å². The molecule has 0 saturated heterocycles. The maximum Gasteiger partial charge on any atom is 0.104 e. The monoisotopic (exact) mass is 701 g/mol. The molecule has 51 heavy (non-hydrogen) atoms. The molecule has 11 rings (SSSR count). The van der Waals surface area contributed by atoms with Crippen LogP contribution < -0.4 is 25.6 Å². The van der Waals surface area contributed by atoms with Crippen molar-refractivity contribution in [3.05, 3.63) is 169 Å². The minimum atomic E-state index is -1.40. The van der Waals surface area contributed by atoms with Gasteiger partial charge in [-0.25, -0.2) is 0 Å². The fourth-order valence-corrected chi connectivity index (χ4v) is 15.4. The van der Waals surface area contributed by atoms with Crippen LogP contribution in [0, 0.1) is 5.92 Å². The molecule has 6 aromatic carbocycles. The standard InChI is InChI=1S/C47H35NSSi2/c1-51-44-16-7-5-12-36(44)38-13-8-14-40(47(38)51)48(33-21-19-30(20-22-33)32-18-17-29-9-2-3-10-31(29)27-32)34-23-24-39-43(28-34)50-42-26-25-37-35-11-4-6-15-41(35)49-46(37)45(39)42/h2-26,28,31,51H,27,50H2,1H3. The van der Waals surface area contributed by atoms with Gasteiger partial charge in [0.05, 0.1) is 9.52 Å². The maximum absolute atomic E-state index is 2.58. The Bertz CT molecular complexity index is 2730. The number of thiophene rings is 1. The zero-order valence-corrected chi connectivity index (χ0v) is 31.8. The molecule has 2 unspecified atom stereocenters. The highest BCUT2D eigenvalue weighted by Crippen LogP contribution is 2.43. The molecule has 242 valence electrons. The highest BCUT2D eigenvalue weighted by Gasteiger charge is 2.32. The third-order valence-electron chi connectivity index (χ3n) is 11.7. The van der Waals surface area contributed by atoms with Crippen molar-refractivity contribution in [1.29, 1.82) is 0 Å². The lowest BCUT2D eigenvalue weighted by molar-refractivity contribution is 0.793. The van der Waals surface area contributed by atoms with Crippen LogP contribution in [0.1, 0.15) is 12.0 Å². The molecule has 0 radical (unpaired) electrons. The van der Waals surface area contributed by atoms with Gasteiger partial charge in [0.2, 0.25) is 0 Å². The number of benzene rings is 6. The average molecular weight is 702 g/mol. The number of hydrogen-bond donors (Lipinski definition) is 0. The van der Waals surface area contributed by atoms with E-state index in [9.17, 15) is 0 Å². The van der Waals surface area contributed by atoms with Crippen molar-refractivity contribution in [2.45, 2.75) is 13.0 Å². The Morgan fingerprint density at radius 3 is 2.49 bits per heavy atom. The lowest BCUT2D eigenvalue weighted by atomic mass is 9.82. The summed E-state index contributed by atoms with van der Waals surface area (Å²) >= 11 is 1.96. The largest absolute Gasteiger partial charge is 0.311 e. The maximum atomic E-state index is 2.58. The molecule has 7 aromatic rings. The smallest absolute Gasteiger partial charge is 0.104 e. The topological polar surface area (TPSA) is 3.24 Å². The molecule has 2 aliphatic heterocycles. The summed E-state index contributed by atoms with van der Waals surface area (Å²) < 4.78 is 2.84. The lowest BCUT2D eigenvalue weighted by Gasteiger charge is -2.30. The van der Waals surface area contributed by atoms with Gasteiger partial charge in [0.25, 0.3) is 0 Å². The SMILES string of the molecule is C[SiH]1c2ccccc2-c2cccc(N(c3ccc(C4=CC=C5C=CC=CC5C4)cc3)c3ccc4c(c3)[SiH2]c3ccc5c(sc6ccccc65)c3-4)c21. The van der Waals surface area contributed by atoms with Gasteiger partial charge in [0.1, 0.15) is 8.80 Å². The van der Waals surface area contributed by atoms with E-state index in [0.717, 1.165) is 6.42 Å². The van der Waals surface area contributed by atoms with Crippen molar-refractivity contribution in [1.82, 2.24) is 0 Å². The van der Waals surface area contributed by atoms with Gasteiger partial charge in [-0.3, -0.25) is 0 Å². The number of rotatable bonds is 4. The van der Waals surface area contributed by atoms with Crippen LogP contribution in [0.2, 0.25) is 6.55 Å². The summed E-state index contributed by atoms with van der Waals surface area (Å²) in [5.74, 6) is 0.472. The number of fused-ring (bicyclic) bond motifs is 11. The first-order valence-corrected chi connectivity index (χ1v) is 22.7. The molecular weight excluding hydrogens is 667 g/mol. The van der Waals surface area contributed by atoms with E-state index in [2.05, 4.69) is 169 Å².